The number of ether oxygens (including phenoxy) is 1. The Hall–Kier alpha value is -1.94. The first-order chi connectivity index (χ1) is 11.3. The summed E-state index contributed by atoms with van der Waals surface area (Å²) in [6.07, 6.45) is 9.27. The normalized spacial score (nSPS) is 15.7. The van der Waals surface area contributed by atoms with E-state index >= 15 is 0 Å². The smallest absolute Gasteiger partial charge is 0.252 e. The van der Waals surface area contributed by atoms with Gasteiger partial charge in [-0.25, -0.2) is 0 Å². The molecule has 0 radical (unpaired) electrons. The van der Waals surface area contributed by atoms with Crippen LogP contribution in [0.5, 0.6) is 0 Å². The standard InChI is InChI=1S/C19H24N2O2/c22-19(17-11-13-20-18-10-5-4-9-16(17)18)21-12-6-14-23-15-7-2-1-3-8-15/h4-5,9-11,13,15H,1-3,6-8,12,14H2,(H,21,22). The number of rotatable bonds is 6. The van der Waals surface area contributed by atoms with Crippen LogP contribution in [0.2, 0.25) is 0 Å². The van der Waals surface area contributed by atoms with Crippen molar-refractivity contribution in [2.24, 2.45) is 0 Å². The number of hydrogen-bond donors (Lipinski definition) is 1. The second kappa shape index (κ2) is 8.06. The highest BCUT2D eigenvalue weighted by molar-refractivity contribution is 6.05. The first kappa shape index (κ1) is 15.9. The van der Waals surface area contributed by atoms with Crippen molar-refractivity contribution >= 4 is 16.8 Å². The van der Waals surface area contributed by atoms with Gasteiger partial charge in [0.05, 0.1) is 17.2 Å². The van der Waals surface area contributed by atoms with Gasteiger partial charge in [0, 0.05) is 24.7 Å². The van der Waals surface area contributed by atoms with Crippen LogP contribution >= 0.6 is 0 Å². The molecule has 1 aliphatic rings. The number of amides is 1. The predicted octanol–water partition coefficient (Wildman–Crippen LogP) is 3.70. The van der Waals surface area contributed by atoms with E-state index < -0.39 is 0 Å². The highest BCUT2D eigenvalue weighted by atomic mass is 16.5. The molecule has 0 atom stereocenters. The lowest BCUT2D eigenvalue weighted by Gasteiger charge is -2.21. The summed E-state index contributed by atoms with van der Waals surface area (Å²) in [6.45, 7) is 1.37. The molecule has 3 rings (SSSR count). The van der Waals surface area contributed by atoms with E-state index in [4.69, 9.17) is 4.74 Å². The van der Waals surface area contributed by atoms with E-state index in [1.54, 1.807) is 12.3 Å². The number of nitrogens with one attached hydrogen (secondary N) is 1. The van der Waals surface area contributed by atoms with Gasteiger partial charge >= 0.3 is 0 Å². The summed E-state index contributed by atoms with van der Waals surface area (Å²) in [5, 5.41) is 3.88. The zero-order valence-corrected chi connectivity index (χ0v) is 13.5. The number of nitrogens with zero attached hydrogens (tertiary/aromatic N) is 1. The van der Waals surface area contributed by atoms with Crippen LogP contribution in [0, 0.1) is 0 Å². The zero-order chi connectivity index (χ0) is 15.9. The topological polar surface area (TPSA) is 51.2 Å². The molecule has 0 spiro atoms. The SMILES string of the molecule is O=C(NCCCOC1CCCCC1)c1ccnc2ccccc12. The molecule has 4 heteroatoms. The molecule has 4 nitrogen and oxygen atoms in total. The number of carbonyl (C=O) groups excluding carboxylic acids is 1. The van der Waals surface area contributed by atoms with Crippen molar-refractivity contribution in [3.05, 3.63) is 42.1 Å². The molecule has 1 amide bonds. The maximum Gasteiger partial charge on any atom is 0.252 e. The average Bonchev–Trinajstić information content (AvgIpc) is 2.61. The fourth-order valence-corrected chi connectivity index (χ4v) is 3.14. The molecular formula is C19H24N2O2. The molecule has 1 N–H and O–H groups in total. The van der Waals surface area contributed by atoms with Gasteiger partial charge in [0.15, 0.2) is 0 Å². The zero-order valence-electron chi connectivity index (χ0n) is 13.5. The van der Waals surface area contributed by atoms with Crippen LogP contribution in [0.4, 0.5) is 0 Å². The molecule has 0 aliphatic heterocycles. The molecule has 122 valence electrons. The number of para-hydroxylation sites is 1. The van der Waals surface area contributed by atoms with E-state index in [2.05, 4.69) is 10.3 Å². The van der Waals surface area contributed by atoms with E-state index in [0.717, 1.165) is 23.9 Å². The van der Waals surface area contributed by atoms with Crippen LogP contribution < -0.4 is 5.32 Å². The summed E-state index contributed by atoms with van der Waals surface area (Å²) in [7, 11) is 0. The predicted molar refractivity (Wildman–Crippen MR) is 91.5 cm³/mol. The van der Waals surface area contributed by atoms with Crippen molar-refractivity contribution in [1.29, 1.82) is 0 Å². The molecule has 0 bridgehead atoms. The summed E-state index contributed by atoms with van der Waals surface area (Å²) < 4.78 is 5.88. The van der Waals surface area contributed by atoms with Gasteiger partial charge in [-0.2, -0.15) is 0 Å². The molecule has 1 aromatic heterocycles. The lowest BCUT2D eigenvalue weighted by Crippen LogP contribution is -2.26. The Labute approximate surface area is 137 Å². The Morgan fingerprint density at radius 1 is 1.17 bits per heavy atom. The first-order valence-corrected chi connectivity index (χ1v) is 8.58. The molecule has 0 unspecified atom stereocenters. The molecular weight excluding hydrogens is 288 g/mol. The van der Waals surface area contributed by atoms with Crippen molar-refractivity contribution in [2.45, 2.75) is 44.6 Å². The minimum absolute atomic E-state index is 0.0405. The Morgan fingerprint density at radius 2 is 2.00 bits per heavy atom. The Morgan fingerprint density at radius 3 is 2.87 bits per heavy atom. The minimum Gasteiger partial charge on any atom is -0.378 e. The van der Waals surface area contributed by atoms with Crippen molar-refractivity contribution in [2.75, 3.05) is 13.2 Å². The van der Waals surface area contributed by atoms with Gasteiger partial charge in [-0.05, 0) is 31.4 Å². The van der Waals surface area contributed by atoms with Crippen LogP contribution in [-0.2, 0) is 4.74 Å². The summed E-state index contributed by atoms with van der Waals surface area (Å²) in [4.78, 5) is 16.6. The van der Waals surface area contributed by atoms with Crippen molar-refractivity contribution in [1.82, 2.24) is 10.3 Å². The molecule has 1 heterocycles. The summed E-state index contributed by atoms with van der Waals surface area (Å²) >= 11 is 0. The summed E-state index contributed by atoms with van der Waals surface area (Å²) in [5.41, 5.74) is 1.53. The molecule has 0 saturated heterocycles. The third kappa shape index (κ3) is 4.29. The van der Waals surface area contributed by atoms with Crippen molar-refractivity contribution < 1.29 is 9.53 Å². The average molecular weight is 312 g/mol. The maximum atomic E-state index is 12.3. The Balaban J connectivity index is 1.45. The molecule has 1 aromatic carbocycles. The fourth-order valence-electron chi connectivity index (χ4n) is 3.14. The van der Waals surface area contributed by atoms with Gasteiger partial charge in [-0.1, -0.05) is 37.5 Å². The van der Waals surface area contributed by atoms with E-state index in [-0.39, 0.29) is 5.91 Å². The van der Waals surface area contributed by atoms with Crippen molar-refractivity contribution in [3.8, 4) is 0 Å². The summed E-state index contributed by atoms with van der Waals surface area (Å²) in [5.74, 6) is -0.0405. The van der Waals surface area contributed by atoms with E-state index in [9.17, 15) is 4.79 Å². The fraction of sp³-hybridized carbons (Fsp3) is 0.474. The number of carbonyl (C=O) groups is 1. The van der Waals surface area contributed by atoms with Crippen LogP contribution in [0.25, 0.3) is 10.9 Å². The van der Waals surface area contributed by atoms with E-state index in [1.165, 1.54) is 32.1 Å². The third-order valence-corrected chi connectivity index (χ3v) is 4.41. The second-order valence-electron chi connectivity index (χ2n) is 6.12. The number of pyridine rings is 1. The summed E-state index contributed by atoms with van der Waals surface area (Å²) in [6, 6.07) is 9.49. The number of benzene rings is 1. The van der Waals surface area contributed by atoms with Crippen LogP contribution in [0.15, 0.2) is 36.5 Å². The lowest BCUT2D eigenvalue weighted by molar-refractivity contribution is 0.0273. The van der Waals surface area contributed by atoms with Crippen LogP contribution in [0.3, 0.4) is 0 Å². The van der Waals surface area contributed by atoms with Gasteiger partial charge in [-0.3, -0.25) is 9.78 Å². The largest absolute Gasteiger partial charge is 0.378 e. The Kier molecular flexibility index (Phi) is 5.59. The number of aromatic nitrogens is 1. The van der Waals surface area contributed by atoms with Gasteiger partial charge in [-0.15, -0.1) is 0 Å². The molecule has 1 aliphatic carbocycles. The maximum absolute atomic E-state index is 12.3. The second-order valence-corrected chi connectivity index (χ2v) is 6.12. The molecule has 1 saturated carbocycles. The van der Waals surface area contributed by atoms with Gasteiger partial charge < -0.3 is 10.1 Å². The minimum atomic E-state index is -0.0405. The van der Waals surface area contributed by atoms with Crippen LogP contribution in [0.1, 0.15) is 48.9 Å². The Bertz CT molecular complexity index is 645. The number of hydrogen-bond acceptors (Lipinski definition) is 3. The first-order valence-electron chi connectivity index (χ1n) is 8.58. The molecule has 23 heavy (non-hydrogen) atoms. The van der Waals surface area contributed by atoms with E-state index in [0.29, 0.717) is 18.2 Å². The van der Waals surface area contributed by atoms with Crippen LogP contribution in [-0.4, -0.2) is 30.1 Å². The van der Waals surface area contributed by atoms with E-state index in [1.807, 2.05) is 24.3 Å². The molecule has 1 fully saturated rings. The third-order valence-electron chi connectivity index (χ3n) is 4.41. The molecule has 2 aromatic rings. The van der Waals surface area contributed by atoms with Gasteiger partial charge in [0.1, 0.15) is 0 Å². The highest BCUT2D eigenvalue weighted by Crippen LogP contribution is 2.20. The monoisotopic (exact) mass is 312 g/mol. The lowest BCUT2D eigenvalue weighted by atomic mass is 9.98. The van der Waals surface area contributed by atoms with Gasteiger partial charge in [0.25, 0.3) is 5.91 Å². The van der Waals surface area contributed by atoms with Crippen molar-refractivity contribution in [3.63, 3.8) is 0 Å². The highest BCUT2D eigenvalue weighted by Gasteiger charge is 2.13. The quantitative estimate of drug-likeness (QED) is 0.827. The number of fused-ring (bicyclic) bond motifs is 1. The van der Waals surface area contributed by atoms with Gasteiger partial charge in [0.2, 0.25) is 0 Å².